The first-order valence-electron chi connectivity index (χ1n) is 7.31. The van der Waals surface area contributed by atoms with Gasteiger partial charge in [-0.2, -0.15) is 0 Å². The van der Waals surface area contributed by atoms with Crippen LogP contribution in [0.25, 0.3) is 0 Å². The zero-order valence-corrected chi connectivity index (χ0v) is 12.1. The van der Waals surface area contributed by atoms with Crippen LogP contribution in [0.5, 0.6) is 0 Å². The maximum Gasteiger partial charge on any atom is 0.253 e. The fraction of sp³-hybridized carbons (Fsp3) is 0.235. The minimum Gasteiger partial charge on any atom is -0.348 e. The predicted octanol–water partition coefficient (Wildman–Crippen LogP) is 2.36. The number of nitrogens with zero attached hydrogens (tertiary/aromatic N) is 1. The molecule has 1 fully saturated rings. The van der Waals surface area contributed by atoms with Gasteiger partial charge in [0.1, 0.15) is 0 Å². The van der Waals surface area contributed by atoms with Crippen molar-refractivity contribution in [2.24, 2.45) is 5.92 Å². The van der Waals surface area contributed by atoms with Crippen molar-refractivity contribution in [3.05, 3.63) is 59.9 Å². The van der Waals surface area contributed by atoms with Crippen LogP contribution in [0.15, 0.2) is 48.8 Å². The number of aromatic nitrogens is 1. The van der Waals surface area contributed by atoms with E-state index in [0.29, 0.717) is 17.8 Å². The maximum atomic E-state index is 12.3. The first-order valence-corrected chi connectivity index (χ1v) is 7.31. The normalized spacial score (nSPS) is 13.5. The first kappa shape index (κ1) is 14.3. The second-order valence-electron chi connectivity index (χ2n) is 5.35. The summed E-state index contributed by atoms with van der Waals surface area (Å²) >= 11 is 0. The lowest BCUT2D eigenvalue weighted by molar-refractivity contribution is -0.117. The van der Waals surface area contributed by atoms with Crippen molar-refractivity contribution in [3.63, 3.8) is 0 Å². The van der Waals surface area contributed by atoms with Gasteiger partial charge in [-0.1, -0.05) is 18.2 Å². The van der Waals surface area contributed by atoms with E-state index in [1.807, 2.05) is 12.1 Å². The number of nitrogens with one attached hydrogen (secondary N) is 2. The Morgan fingerprint density at radius 3 is 2.68 bits per heavy atom. The van der Waals surface area contributed by atoms with Gasteiger partial charge in [0, 0.05) is 24.9 Å². The Balaban J connectivity index is 1.67. The van der Waals surface area contributed by atoms with Gasteiger partial charge in [-0.05, 0) is 36.6 Å². The monoisotopic (exact) mass is 295 g/mol. The largest absolute Gasteiger partial charge is 0.348 e. The fourth-order valence-electron chi connectivity index (χ4n) is 2.15. The van der Waals surface area contributed by atoms with Gasteiger partial charge in [-0.15, -0.1) is 0 Å². The molecular formula is C17H17N3O2. The number of carbonyl (C=O) groups excluding carboxylic acids is 2. The lowest BCUT2D eigenvalue weighted by Gasteiger charge is -2.11. The molecule has 1 heterocycles. The van der Waals surface area contributed by atoms with E-state index in [4.69, 9.17) is 0 Å². The van der Waals surface area contributed by atoms with Gasteiger partial charge in [-0.25, -0.2) is 0 Å². The first-order chi connectivity index (χ1) is 10.7. The van der Waals surface area contributed by atoms with Crippen molar-refractivity contribution in [1.29, 1.82) is 0 Å². The van der Waals surface area contributed by atoms with Gasteiger partial charge >= 0.3 is 0 Å². The molecule has 1 aromatic carbocycles. The molecule has 0 saturated heterocycles. The quantitative estimate of drug-likeness (QED) is 0.889. The molecule has 0 bridgehead atoms. The molecule has 1 aromatic heterocycles. The third-order valence-electron chi connectivity index (χ3n) is 3.55. The fourth-order valence-corrected chi connectivity index (χ4v) is 2.15. The number of anilines is 1. The van der Waals surface area contributed by atoms with E-state index in [9.17, 15) is 9.59 Å². The number of rotatable bonds is 5. The van der Waals surface area contributed by atoms with Crippen LogP contribution in [0, 0.1) is 5.92 Å². The van der Waals surface area contributed by atoms with Crippen LogP contribution in [0.3, 0.4) is 0 Å². The van der Waals surface area contributed by atoms with Crippen LogP contribution < -0.4 is 10.6 Å². The molecule has 1 aliphatic rings. The number of hydrogen-bond donors (Lipinski definition) is 2. The molecule has 112 valence electrons. The van der Waals surface area contributed by atoms with Crippen molar-refractivity contribution in [2.45, 2.75) is 19.4 Å². The summed E-state index contributed by atoms with van der Waals surface area (Å²) in [5.74, 6) is -0.116. The molecule has 0 aliphatic heterocycles. The number of amides is 2. The molecule has 2 amide bonds. The highest BCUT2D eigenvalue weighted by Gasteiger charge is 2.30. The summed E-state index contributed by atoms with van der Waals surface area (Å²) in [6.45, 7) is 0.400. The summed E-state index contributed by atoms with van der Waals surface area (Å²) in [5, 5.41) is 5.68. The molecule has 5 nitrogen and oxygen atoms in total. The number of benzene rings is 1. The SMILES string of the molecule is O=C(NCc1cccnc1)c1ccccc1NC(=O)C1CC1. The zero-order chi connectivity index (χ0) is 15.4. The summed E-state index contributed by atoms with van der Waals surface area (Å²) < 4.78 is 0. The van der Waals surface area contributed by atoms with Gasteiger partial charge < -0.3 is 10.6 Å². The van der Waals surface area contributed by atoms with Crippen molar-refractivity contribution in [3.8, 4) is 0 Å². The lowest BCUT2D eigenvalue weighted by atomic mass is 10.1. The van der Waals surface area contributed by atoms with Crippen LogP contribution in [0.1, 0.15) is 28.8 Å². The van der Waals surface area contributed by atoms with Crippen molar-refractivity contribution in [2.75, 3.05) is 5.32 Å². The molecule has 0 radical (unpaired) electrons. The third-order valence-corrected chi connectivity index (χ3v) is 3.55. The number of para-hydroxylation sites is 1. The van der Waals surface area contributed by atoms with Crippen LogP contribution >= 0.6 is 0 Å². The summed E-state index contributed by atoms with van der Waals surface area (Å²) in [4.78, 5) is 28.2. The Morgan fingerprint density at radius 2 is 1.95 bits per heavy atom. The second kappa shape index (κ2) is 6.39. The van der Waals surface area contributed by atoms with E-state index >= 15 is 0 Å². The van der Waals surface area contributed by atoms with Crippen molar-refractivity contribution in [1.82, 2.24) is 10.3 Å². The lowest BCUT2D eigenvalue weighted by Crippen LogP contribution is -2.25. The van der Waals surface area contributed by atoms with Crippen LogP contribution in [0.4, 0.5) is 5.69 Å². The summed E-state index contributed by atoms with van der Waals surface area (Å²) in [6, 6.07) is 10.8. The predicted molar refractivity (Wildman–Crippen MR) is 83.2 cm³/mol. The molecule has 22 heavy (non-hydrogen) atoms. The number of carbonyl (C=O) groups is 2. The minimum atomic E-state index is -0.212. The Bertz CT molecular complexity index is 681. The average molecular weight is 295 g/mol. The molecule has 0 unspecified atom stereocenters. The van der Waals surface area contributed by atoms with Gasteiger partial charge in [0.25, 0.3) is 5.91 Å². The highest BCUT2D eigenvalue weighted by Crippen LogP contribution is 2.30. The Labute approximate surface area is 128 Å². The van der Waals surface area contributed by atoms with Crippen molar-refractivity contribution < 1.29 is 9.59 Å². The molecule has 2 N–H and O–H groups in total. The van der Waals surface area contributed by atoms with Gasteiger partial charge in [0.2, 0.25) is 5.91 Å². The zero-order valence-electron chi connectivity index (χ0n) is 12.1. The van der Waals surface area contributed by atoms with Crippen LogP contribution in [0.2, 0.25) is 0 Å². The van der Waals surface area contributed by atoms with E-state index < -0.39 is 0 Å². The standard InChI is InChI=1S/C17H17N3O2/c21-16(13-7-8-13)20-15-6-2-1-5-14(15)17(22)19-11-12-4-3-9-18-10-12/h1-6,9-10,13H,7-8,11H2,(H,19,22)(H,20,21). The molecule has 0 atom stereocenters. The summed E-state index contributed by atoms with van der Waals surface area (Å²) in [6.07, 6.45) is 5.26. The molecule has 1 aliphatic carbocycles. The average Bonchev–Trinajstić information content (AvgIpc) is 3.39. The minimum absolute atomic E-state index is 0.00694. The highest BCUT2D eigenvalue weighted by molar-refractivity contribution is 6.04. The molecule has 5 heteroatoms. The Morgan fingerprint density at radius 1 is 1.14 bits per heavy atom. The van der Waals surface area contributed by atoms with Crippen LogP contribution in [-0.2, 0) is 11.3 Å². The van der Waals surface area contributed by atoms with E-state index in [2.05, 4.69) is 15.6 Å². The Hall–Kier alpha value is -2.69. The summed E-state index contributed by atoms with van der Waals surface area (Å²) in [7, 11) is 0. The van der Waals surface area contributed by atoms with Crippen LogP contribution in [-0.4, -0.2) is 16.8 Å². The van der Waals surface area contributed by atoms with Crippen molar-refractivity contribution >= 4 is 17.5 Å². The topological polar surface area (TPSA) is 71.1 Å². The molecule has 3 rings (SSSR count). The maximum absolute atomic E-state index is 12.3. The van der Waals surface area contributed by atoms with Gasteiger partial charge in [0.05, 0.1) is 11.3 Å². The third kappa shape index (κ3) is 3.49. The molecule has 0 spiro atoms. The van der Waals surface area contributed by atoms with E-state index in [1.165, 1.54) is 0 Å². The number of pyridine rings is 1. The summed E-state index contributed by atoms with van der Waals surface area (Å²) in [5.41, 5.74) is 1.96. The van der Waals surface area contributed by atoms with Gasteiger partial charge in [-0.3, -0.25) is 14.6 Å². The van der Waals surface area contributed by atoms with E-state index in [0.717, 1.165) is 18.4 Å². The number of hydrogen-bond acceptors (Lipinski definition) is 3. The molecule has 1 saturated carbocycles. The molecule has 2 aromatic rings. The van der Waals surface area contributed by atoms with Gasteiger partial charge in [0.15, 0.2) is 0 Å². The second-order valence-corrected chi connectivity index (χ2v) is 5.35. The Kier molecular flexibility index (Phi) is 4.14. The van der Waals surface area contributed by atoms with E-state index in [-0.39, 0.29) is 17.7 Å². The van der Waals surface area contributed by atoms with E-state index in [1.54, 1.807) is 36.7 Å². The molecular weight excluding hydrogens is 278 g/mol. The highest BCUT2D eigenvalue weighted by atomic mass is 16.2. The smallest absolute Gasteiger partial charge is 0.253 e.